The number of allylic oxidation sites excluding steroid dienone is 2. The minimum atomic E-state index is -0.445. The molecule has 11 heteroatoms. The predicted octanol–water partition coefficient (Wildman–Crippen LogP) is 4.29. The Bertz CT molecular complexity index is 1500. The molecule has 1 aromatic carbocycles. The van der Waals surface area contributed by atoms with Crippen molar-refractivity contribution in [1.29, 1.82) is 0 Å². The Hall–Kier alpha value is -4.85. The zero-order valence-electron chi connectivity index (χ0n) is 24.4. The highest BCUT2D eigenvalue weighted by atomic mass is 16.6. The quantitative estimate of drug-likeness (QED) is 0.294. The van der Waals surface area contributed by atoms with Gasteiger partial charge in [0.05, 0.1) is 17.9 Å². The first-order valence-corrected chi connectivity index (χ1v) is 14.8. The molecular weight excluding hydrogens is 544 g/mol. The van der Waals surface area contributed by atoms with Crippen LogP contribution in [0.5, 0.6) is 5.75 Å². The van der Waals surface area contributed by atoms with Gasteiger partial charge in [-0.05, 0) is 75.6 Å². The average molecular weight is 583 g/mol. The van der Waals surface area contributed by atoms with E-state index in [0.717, 1.165) is 56.6 Å². The van der Waals surface area contributed by atoms with E-state index in [1.807, 2.05) is 18.2 Å². The molecule has 1 amide bonds. The third-order valence-electron chi connectivity index (χ3n) is 7.73. The van der Waals surface area contributed by atoms with Crippen molar-refractivity contribution in [1.82, 2.24) is 25.5 Å². The molecule has 2 atom stereocenters. The van der Waals surface area contributed by atoms with Gasteiger partial charge in [0.25, 0.3) is 0 Å². The monoisotopic (exact) mass is 582 g/mol. The molecule has 3 heterocycles. The lowest BCUT2D eigenvalue weighted by Gasteiger charge is -2.28. The van der Waals surface area contributed by atoms with Crippen molar-refractivity contribution in [3.05, 3.63) is 60.6 Å². The van der Waals surface area contributed by atoms with Crippen molar-refractivity contribution >= 4 is 23.4 Å². The van der Waals surface area contributed by atoms with Gasteiger partial charge in [0.1, 0.15) is 17.7 Å². The minimum Gasteiger partial charge on any atom is -0.507 e. The van der Waals surface area contributed by atoms with Gasteiger partial charge in [-0.2, -0.15) is 0 Å². The SMILES string of the molecule is CC1CCN(c2cc(-c3ccccc3O)nnc2N)CCN1c1ccnc(C#CCNC(=O)OC2CC/C=C\CCC2)n1. The van der Waals surface area contributed by atoms with Gasteiger partial charge in [-0.25, -0.2) is 14.8 Å². The number of carbonyl (C=O) groups is 1. The maximum absolute atomic E-state index is 12.2. The molecule has 1 saturated heterocycles. The van der Waals surface area contributed by atoms with E-state index in [2.05, 4.69) is 61.2 Å². The molecule has 224 valence electrons. The van der Waals surface area contributed by atoms with Gasteiger partial charge in [-0.15, -0.1) is 10.2 Å². The maximum Gasteiger partial charge on any atom is 0.408 e. The van der Waals surface area contributed by atoms with Crippen LogP contribution in [-0.4, -0.2) is 69.7 Å². The van der Waals surface area contributed by atoms with Crippen LogP contribution in [0, 0.1) is 11.8 Å². The molecule has 0 radical (unpaired) electrons. The van der Waals surface area contributed by atoms with Crippen LogP contribution in [0.1, 0.15) is 51.3 Å². The fourth-order valence-corrected chi connectivity index (χ4v) is 5.35. The van der Waals surface area contributed by atoms with Gasteiger partial charge in [-0.1, -0.05) is 30.2 Å². The van der Waals surface area contributed by atoms with Crippen LogP contribution in [-0.2, 0) is 4.74 Å². The minimum absolute atomic E-state index is 0.0602. The number of rotatable bonds is 5. The number of nitrogens with zero attached hydrogens (tertiary/aromatic N) is 6. The fourth-order valence-electron chi connectivity index (χ4n) is 5.35. The van der Waals surface area contributed by atoms with Crippen LogP contribution < -0.4 is 20.9 Å². The summed E-state index contributed by atoms with van der Waals surface area (Å²) in [6.45, 7) is 4.47. The third kappa shape index (κ3) is 7.92. The van der Waals surface area contributed by atoms with Crippen LogP contribution >= 0.6 is 0 Å². The molecule has 0 saturated carbocycles. The number of phenols is 1. The van der Waals surface area contributed by atoms with Crippen molar-refractivity contribution in [2.75, 3.05) is 41.7 Å². The van der Waals surface area contributed by atoms with E-state index in [4.69, 9.17) is 15.5 Å². The van der Waals surface area contributed by atoms with Crippen LogP contribution in [0.25, 0.3) is 11.3 Å². The van der Waals surface area contributed by atoms with Crippen LogP contribution in [0.3, 0.4) is 0 Å². The molecule has 0 spiro atoms. The van der Waals surface area contributed by atoms with Gasteiger partial charge < -0.3 is 30.7 Å². The Morgan fingerprint density at radius 2 is 1.98 bits per heavy atom. The number of phenolic OH excluding ortho intramolecular Hbond substituents is 1. The van der Waals surface area contributed by atoms with Gasteiger partial charge in [0.2, 0.25) is 5.82 Å². The lowest BCUT2D eigenvalue weighted by Crippen LogP contribution is -2.35. The van der Waals surface area contributed by atoms with E-state index in [-0.39, 0.29) is 24.4 Å². The molecule has 5 rings (SSSR count). The summed E-state index contributed by atoms with van der Waals surface area (Å²) in [4.78, 5) is 25.7. The van der Waals surface area contributed by atoms with Crippen molar-refractivity contribution in [3.63, 3.8) is 0 Å². The molecule has 2 unspecified atom stereocenters. The first-order valence-electron chi connectivity index (χ1n) is 14.8. The summed E-state index contributed by atoms with van der Waals surface area (Å²) in [6.07, 6.45) is 11.1. The molecule has 43 heavy (non-hydrogen) atoms. The van der Waals surface area contributed by atoms with Crippen LogP contribution in [0.2, 0.25) is 0 Å². The van der Waals surface area contributed by atoms with Crippen molar-refractivity contribution < 1.29 is 14.6 Å². The number of nitrogen functional groups attached to an aromatic ring is 1. The number of ether oxygens (including phenoxy) is 1. The lowest BCUT2D eigenvalue weighted by atomic mass is 10.0. The van der Waals surface area contributed by atoms with Gasteiger partial charge in [0.15, 0.2) is 5.82 Å². The largest absolute Gasteiger partial charge is 0.507 e. The third-order valence-corrected chi connectivity index (χ3v) is 7.73. The first kappa shape index (κ1) is 29.6. The molecule has 11 nitrogen and oxygen atoms in total. The number of nitrogens with two attached hydrogens (primary N) is 1. The number of amides is 1. The van der Waals surface area contributed by atoms with E-state index < -0.39 is 6.09 Å². The first-order chi connectivity index (χ1) is 21.0. The van der Waals surface area contributed by atoms with E-state index in [1.165, 1.54) is 0 Å². The van der Waals surface area contributed by atoms with Crippen molar-refractivity contribution in [2.24, 2.45) is 0 Å². The fraction of sp³-hybridized carbons (Fsp3) is 0.406. The second-order valence-corrected chi connectivity index (χ2v) is 10.7. The normalized spacial score (nSPS) is 19.7. The van der Waals surface area contributed by atoms with E-state index in [0.29, 0.717) is 36.0 Å². The van der Waals surface area contributed by atoms with E-state index >= 15 is 0 Å². The zero-order valence-corrected chi connectivity index (χ0v) is 24.4. The molecule has 4 N–H and O–H groups in total. The van der Waals surface area contributed by atoms with Gasteiger partial charge >= 0.3 is 6.09 Å². The number of aromatic nitrogens is 4. The summed E-state index contributed by atoms with van der Waals surface area (Å²) in [5.41, 5.74) is 8.22. The molecule has 1 fully saturated rings. The van der Waals surface area contributed by atoms with Crippen molar-refractivity contribution in [3.8, 4) is 28.8 Å². The summed E-state index contributed by atoms with van der Waals surface area (Å²) in [6, 6.07) is 11.0. The van der Waals surface area contributed by atoms with Gasteiger partial charge in [0, 0.05) is 37.4 Å². The number of aromatic hydroxyl groups is 1. The number of hydrogen-bond donors (Lipinski definition) is 3. The summed E-state index contributed by atoms with van der Waals surface area (Å²) >= 11 is 0. The Morgan fingerprint density at radius 1 is 1.12 bits per heavy atom. The predicted molar refractivity (Wildman–Crippen MR) is 167 cm³/mol. The number of carbonyl (C=O) groups excluding carboxylic acids is 1. The van der Waals surface area contributed by atoms with E-state index in [1.54, 1.807) is 24.4 Å². The number of nitrogens with one attached hydrogen (secondary N) is 1. The number of anilines is 3. The van der Waals surface area contributed by atoms with Crippen LogP contribution in [0.4, 0.5) is 22.1 Å². The van der Waals surface area contributed by atoms with Gasteiger partial charge in [-0.3, -0.25) is 0 Å². The summed E-state index contributed by atoms with van der Waals surface area (Å²) in [5, 5.41) is 21.4. The van der Waals surface area contributed by atoms with E-state index in [9.17, 15) is 9.90 Å². The second kappa shape index (κ2) is 14.4. The summed E-state index contributed by atoms with van der Waals surface area (Å²) in [5.74, 6) is 7.56. The second-order valence-electron chi connectivity index (χ2n) is 10.7. The Kier molecular flexibility index (Phi) is 9.90. The Labute approximate surface area is 252 Å². The molecular formula is C32H38N8O3. The smallest absolute Gasteiger partial charge is 0.408 e. The molecule has 1 aliphatic heterocycles. The number of para-hydroxylation sites is 1. The molecule has 1 aliphatic carbocycles. The highest BCUT2D eigenvalue weighted by Gasteiger charge is 2.24. The topological polar surface area (TPSA) is 143 Å². The summed E-state index contributed by atoms with van der Waals surface area (Å²) in [7, 11) is 0. The highest BCUT2D eigenvalue weighted by molar-refractivity contribution is 5.74. The number of alkyl carbamates (subject to hydrolysis) is 1. The number of benzene rings is 1. The lowest BCUT2D eigenvalue weighted by molar-refractivity contribution is 0.0873. The van der Waals surface area contributed by atoms with Crippen LogP contribution in [0.15, 0.2) is 54.7 Å². The molecule has 3 aromatic rings. The zero-order chi connectivity index (χ0) is 30.0. The summed E-state index contributed by atoms with van der Waals surface area (Å²) < 4.78 is 5.56. The highest BCUT2D eigenvalue weighted by Crippen LogP contribution is 2.32. The maximum atomic E-state index is 12.2. The Balaban J connectivity index is 1.19. The number of hydrogen-bond acceptors (Lipinski definition) is 10. The standard InChI is InChI=1S/C32H38N8O3/c1-23-16-19-39(27-22-26(37-38-31(27)33)25-12-7-8-13-28(25)41)20-21-40(23)30-15-18-34-29(36-30)14-9-17-35-32(42)43-24-10-5-3-2-4-6-11-24/h2-3,7-8,12-13,15,18,22-24,41H,4-6,10-11,16-17,19-21H2,1H3,(H2,33,38)(H,35,42)/b3-2-. The van der Waals surface area contributed by atoms with Crippen molar-refractivity contribution in [2.45, 2.75) is 57.6 Å². The average Bonchev–Trinajstić information content (AvgIpc) is 3.19. The molecule has 0 bridgehead atoms. The Morgan fingerprint density at radius 3 is 2.86 bits per heavy atom. The molecule has 2 aliphatic rings. The molecule has 2 aromatic heterocycles.